The highest BCUT2D eigenvalue weighted by Crippen LogP contribution is 2.30. The number of nitrogens with zero attached hydrogens (tertiary/aromatic N) is 2. The highest BCUT2D eigenvalue weighted by Gasteiger charge is 2.42. The molecule has 1 atom stereocenters. The molecule has 2 saturated heterocycles. The summed E-state index contributed by atoms with van der Waals surface area (Å²) in [5.74, 6) is 0.571. The largest absolute Gasteiger partial charge is 0.352 e. The minimum absolute atomic E-state index is 0.0367. The molecule has 3 aliphatic rings. The average Bonchev–Trinajstić information content (AvgIpc) is 3.23. The van der Waals surface area contributed by atoms with E-state index in [9.17, 15) is 14.4 Å². The van der Waals surface area contributed by atoms with Crippen molar-refractivity contribution in [3.05, 3.63) is 0 Å². The van der Waals surface area contributed by atoms with E-state index in [1.54, 1.807) is 0 Å². The van der Waals surface area contributed by atoms with Crippen molar-refractivity contribution in [2.45, 2.75) is 83.3 Å². The van der Waals surface area contributed by atoms with Crippen LogP contribution >= 0.6 is 0 Å². The SMILES string of the molecule is CC(C)NC(=O)C1CCC(=O)N1C1CCN(C(=O)C2CCCC2)CC1. The van der Waals surface area contributed by atoms with Gasteiger partial charge in [-0.2, -0.15) is 0 Å². The summed E-state index contributed by atoms with van der Waals surface area (Å²) in [6.07, 6.45) is 7.03. The Morgan fingerprint density at radius 3 is 2.28 bits per heavy atom. The summed E-state index contributed by atoms with van der Waals surface area (Å²) < 4.78 is 0. The Labute approximate surface area is 150 Å². The molecule has 25 heavy (non-hydrogen) atoms. The number of carbonyl (C=O) groups excluding carboxylic acids is 3. The molecule has 3 fully saturated rings. The average molecular weight is 349 g/mol. The Bertz CT molecular complexity index is 520. The number of rotatable bonds is 4. The molecule has 3 amide bonds. The van der Waals surface area contributed by atoms with E-state index >= 15 is 0 Å². The molecule has 1 unspecified atom stereocenters. The fourth-order valence-electron chi connectivity index (χ4n) is 4.59. The maximum atomic E-state index is 12.6. The second-order valence-electron chi connectivity index (χ2n) is 8.06. The van der Waals surface area contributed by atoms with Gasteiger partial charge in [-0.15, -0.1) is 0 Å². The third-order valence-corrected chi connectivity index (χ3v) is 5.86. The zero-order valence-electron chi connectivity index (χ0n) is 15.5. The van der Waals surface area contributed by atoms with Crippen molar-refractivity contribution in [3.63, 3.8) is 0 Å². The molecular formula is C19H31N3O3. The number of nitrogens with one attached hydrogen (secondary N) is 1. The van der Waals surface area contributed by atoms with E-state index in [2.05, 4.69) is 5.32 Å². The standard InChI is InChI=1S/C19H31N3O3/c1-13(2)20-18(24)16-7-8-17(23)22(16)15-9-11-21(12-10-15)19(25)14-5-3-4-6-14/h13-16H,3-12H2,1-2H3,(H,20,24). The molecule has 0 aromatic carbocycles. The molecule has 3 rings (SSSR count). The predicted molar refractivity (Wildman–Crippen MR) is 94.7 cm³/mol. The van der Waals surface area contributed by atoms with Crippen LogP contribution in [0.4, 0.5) is 0 Å². The Morgan fingerprint density at radius 2 is 1.68 bits per heavy atom. The third-order valence-electron chi connectivity index (χ3n) is 5.86. The zero-order valence-corrected chi connectivity index (χ0v) is 15.5. The van der Waals surface area contributed by atoms with Crippen molar-refractivity contribution in [1.29, 1.82) is 0 Å². The van der Waals surface area contributed by atoms with Crippen LogP contribution in [0.1, 0.15) is 65.2 Å². The molecule has 0 radical (unpaired) electrons. The Hall–Kier alpha value is -1.59. The number of amides is 3. The molecule has 1 aliphatic carbocycles. The van der Waals surface area contributed by atoms with Crippen LogP contribution in [0, 0.1) is 5.92 Å². The molecule has 1 saturated carbocycles. The Kier molecular flexibility index (Phi) is 5.64. The van der Waals surface area contributed by atoms with Crippen LogP contribution in [-0.2, 0) is 14.4 Å². The van der Waals surface area contributed by atoms with Crippen molar-refractivity contribution in [1.82, 2.24) is 15.1 Å². The van der Waals surface area contributed by atoms with Crippen LogP contribution in [0.5, 0.6) is 0 Å². The van der Waals surface area contributed by atoms with Gasteiger partial charge in [0.15, 0.2) is 0 Å². The van der Waals surface area contributed by atoms with Crippen LogP contribution in [0.15, 0.2) is 0 Å². The number of likely N-dealkylation sites (tertiary alicyclic amines) is 2. The molecule has 0 spiro atoms. The molecule has 1 N–H and O–H groups in total. The minimum Gasteiger partial charge on any atom is -0.352 e. The van der Waals surface area contributed by atoms with E-state index in [-0.39, 0.29) is 35.9 Å². The smallest absolute Gasteiger partial charge is 0.243 e. The second-order valence-corrected chi connectivity index (χ2v) is 8.06. The Morgan fingerprint density at radius 1 is 1.04 bits per heavy atom. The van der Waals surface area contributed by atoms with Gasteiger partial charge in [-0.3, -0.25) is 14.4 Å². The normalized spacial score (nSPS) is 25.9. The van der Waals surface area contributed by atoms with Gasteiger partial charge in [0.1, 0.15) is 6.04 Å². The van der Waals surface area contributed by atoms with Gasteiger partial charge in [0, 0.05) is 37.5 Å². The van der Waals surface area contributed by atoms with Crippen LogP contribution < -0.4 is 5.32 Å². The first-order valence-corrected chi connectivity index (χ1v) is 9.87. The van der Waals surface area contributed by atoms with Crippen LogP contribution in [-0.4, -0.2) is 58.7 Å². The van der Waals surface area contributed by atoms with Crippen LogP contribution in [0.3, 0.4) is 0 Å². The first kappa shape index (κ1) is 18.2. The second kappa shape index (κ2) is 7.75. The minimum atomic E-state index is -0.336. The maximum absolute atomic E-state index is 12.6. The summed E-state index contributed by atoms with van der Waals surface area (Å²) in [5.41, 5.74) is 0. The van der Waals surface area contributed by atoms with Crippen molar-refractivity contribution in [2.24, 2.45) is 5.92 Å². The molecule has 2 aliphatic heterocycles. The van der Waals surface area contributed by atoms with Crippen LogP contribution in [0.25, 0.3) is 0 Å². The predicted octanol–water partition coefficient (Wildman–Crippen LogP) is 1.68. The summed E-state index contributed by atoms with van der Waals surface area (Å²) in [7, 11) is 0. The quantitative estimate of drug-likeness (QED) is 0.839. The lowest BCUT2D eigenvalue weighted by atomic mass is 9.99. The van der Waals surface area contributed by atoms with Crippen molar-refractivity contribution in [3.8, 4) is 0 Å². The fraction of sp³-hybridized carbons (Fsp3) is 0.842. The van der Waals surface area contributed by atoms with Gasteiger partial charge in [-0.05, 0) is 46.0 Å². The van der Waals surface area contributed by atoms with Gasteiger partial charge in [-0.25, -0.2) is 0 Å². The van der Waals surface area contributed by atoms with E-state index in [4.69, 9.17) is 0 Å². The van der Waals surface area contributed by atoms with E-state index in [1.165, 1.54) is 12.8 Å². The van der Waals surface area contributed by atoms with Crippen molar-refractivity contribution >= 4 is 17.7 Å². The Balaban J connectivity index is 1.57. The van der Waals surface area contributed by atoms with Gasteiger partial charge in [0.25, 0.3) is 0 Å². The number of carbonyl (C=O) groups is 3. The van der Waals surface area contributed by atoms with Gasteiger partial charge in [0.05, 0.1) is 0 Å². The summed E-state index contributed by atoms with van der Waals surface area (Å²) in [4.78, 5) is 41.2. The highest BCUT2D eigenvalue weighted by atomic mass is 16.2. The van der Waals surface area contributed by atoms with Gasteiger partial charge in [-0.1, -0.05) is 12.8 Å². The molecule has 6 nitrogen and oxygen atoms in total. The lowest BCUT2D eigenvalue weighted by Crippen LogP contribution is -2.54. The van der Waals surface area contributed by atoms with Crippen molar-refractivity contribution in [2.75, 3.05) is 13.1 Å². The maximum Gasteiger partial charge on any atom is 0.243 e. The highest BCUT2D eigenvalue weighted by molar-refractivity contribution is 5.91. The van der Waals surface area contributed by atoms with Gasteiger partial charge < -0.3 is 15.1 Å². The summed E-state index contributed by atoms with van der Waals surface area (Å²) in [6.45, 7) is 5.29. The number of hydrogen-bond acceptors (Lipinski definition) is 3. The van der Waals surface area contributed by atoms with Crippen molar-refractivity contribution < 1.29 is 14.4 Å². The summed E-state index contributed by atoms with van der Waals surface area (Å²) in [5, 5.41) is 2.94. The zero-order chi connectivity index (χ0) is 18.0. The third kappa shape index (κ3) is 3.98. The molecule has 2 heterocycles. The monoisotopic (exact) mass is 349 g/mol. The summed E-state index contributed by atoms with van der Waals surface area (Å²) in [6, 6.07) is -0.168. The molecule has 140 valence electrons. The molecule has 6 heteroatoms. The van der Waals surface area contributed by atoms with E-state index < -0.39 is 0 Å². The molecule has 0 bridgehead atoms. The first-order valence-electron chi connectivity index (χ1n) is 9.87. The van der Waals surface area contributed by atoms with Crippen LogP contribution in [0.2, 0.25) is 0 Å². The van der Waals surface area contributed by atoms with E-state index in [1.807, 2.05) is 23.6 Å². The molecule has 0 aromatic rings. The van der Waals surface area contributed by atoms with E-state index in [0.29, 0.717) is 31.8 Å². The lowest BCUT2D eigenvalue weighted by Gasteiger charge is -2.39. The lowest BCUT2D eigenvalue weighted by molar-refractivity contribution is -0.141. The first-order chi connectivity index (χ1) is 12.0. The molecular weight excluding hydrogens is 318 g/mol. The van der Waals surface area contributed by atoms with Gasteiger partial charge >= 0.3 is 0 Å². The number of piperidine rings is 1. The number of hydrogen-bond donors (Lipinski definition) is 1. The summed E-state index contributed by atoms with van der Waals surface area (Å²) >= 11 is 0. The fourth-order valence-corrected chi connectivity index (χ4v) is 4.59. The molecule has 0 aromatic heterocycles. The topological polar surface area (TPSA) is 69.7 Å². The van der Waals surface area contributed by atoms with Gasteiger partial charge in [0.2, 0.25) is 17.7 Å². The van der Waals surface area contributed by atoms with E-state index in [0.717, 1.165) is 25.7 Å².